The Morgan fingerprint density at radius 1 is 0.614 bits per heavy atom. The summed E-state index contributed by atoms with van der Waals surface area (Å²) < 4.78 is 44.3. The summed E-state index contributed by atoms with van der Waals surface area (Å²) >= 11 is 0. The number of hydrogen-bond donors (Lipinski definition) is 9. The Morgan fingerprint density at radius 3 is 1.70 bits per heavy atom. The Balaban J connectivity index is 1.07. The molecule has 0 saturated heterocycles. The number of nitrogens with zero attached hydrogens (tertiary/aromatic N) is 1. The highest BCUT2D eigenvalue weighted by Crippen LogP contribution is 2.74. The van der Waals surface area contributed by atoms with Gasteiger partial charge in [-0.05, 0) is 81.8 Å². The van der Waals surface area contributed by atoms with Crippen LogP contribution in [0.5, 0.6) is 5.75 Å². The Kier molecular flexibility index (Phi) is 22.3. The Labute approximate surface area is 484 Å². The van der Waals surface area contributed by atoms with E-state index in [1.807, 2.05) is 54.6 Å². The summed E-state index contributed by atoms with van der Waals surface area (Å²) in [6, 6.07) is 42.2. The molecule has 0 saturated carbocycles. The second-order valence-corrected chi connectivity index (χ2v) is 26.0. The fourth-order valence-corrected chi connectivity index (χ4v) is 13.2. The Hall–Kier alpha value is -7.31. The van der Waals surface area contributed by atoms with Gasteiger partial charge in [0.05, 0.1) is 50.0 Å². The molecule has 440 valence electrons. The molecule has 7 aromatic rings. The van der Waals surface area contributed by atoms with E-state index in [4.69, 9.17) is 13.8 Å². The van der Waals surface area contributed by atoms with E-state index in [9.17, 15) is 43.2 Å². The third-order valence-electron chi connectivity index (χ3n) is 14.0. The maximum atomic E-state index is 14.7. The summed E-state index contributed by atoms with van der Waals surface area (Å²) in [4.78, 5) is 87.7. The number of carbonyl (C=O) groups is 4. The highest BCUT2D eigenvalue weighted by molar-refractivity contribution is 7.71. The summed E-state index contributed by atoms with van der Waals surface area (Å²) in [5, 5.41) is 25.4. The maximum Gasteiger partial charge on any atom is 0.348 e. The van der Waals surface area contributed by atoms with E-state index in [1.54, 1.807) is 139 Å². The first-order chi connectivity index (χ1) is 39.6. The summed E-state index contributed by atoms with van der Waals surface area (Å²) in [6.07, 6.45) is -1.53. The molecular weight excluding hydrogens is 1100 g/mol. The second kappa shape index (κ2) is 29.3. The fraction of sp³-hybridized carbons (Fsp3) is 0.339. The number of aromatic amines is 1. The molecule has 1 heterocycles. The lowest BCUT2D eigenvalue weighted by Gasteiger charge is -2.35. The van der Waals surface area contributed by atoms with Crippen LogP contribution < -0.4 is 31.3 Å². The molecule has 1 aromatic heterocycles. The molecule has 0 spiro atoms. The van der Waals surface area contributed by atoms with E-state index >= 15 is 0 Å². The number of imidazole rings is 1. The molecule has 7 atom stereocenters. The molecule has 0 bridgehead atoms. The van der Waals surface area contributed by atoms with E-state index in [1.165, 1.54) is 12.1 Å². The average Bonchev–Trinajstić information content (AvgIpc) is 3.94. The van der Waals surface area contributed by atoms with Gasteiger partial charge in [0.15, 0.2) is 5.40 Å². The minimum absolute atomic E-state index is 0.00339. The zero-order valence-electron chi connectivity index (χ0n) is 47.4. The minimum atomic E-state index is -4.92. The van der Waals surface area contributed by atoms with E-state index in [-0.39, 0.29) is 51.1 Å². The molecular formula is C62H75N7O12P2. The van der Waals surface area contributed by atoms with Gasteiger partial charge in [0.1, 0.15) is 29.7 Å². The minimum Gasteiger partial charge on any atom is -0.497 e. The van der Waals surface area contributed by atoms with Crippen molar-refractivity contribution in [2.75, 3.05) is 7.11 Å². The quantitative estimate of drug-likeness (QED) is 0.0199. The van der Waals surface area contributed by atoms with Gasteiger partial charge in [-0.2, -0.15) is 0 Å². The average molecular weight is 1170 g/mol. The number of aliphatic hydroxyl groups is 1. The van der Waals surface area contributed by atoms with Gasteiger partial charge in [0.25, 0.3) is 0 Å². The SMILES string of the molecule is COc1ccc(CN[C@@H](C(=O)N[C@H](C(=O)NCc2nc3ccccc3[nH]2)C(C)C)[C@H](O)[C@H](Cc2ccccc2)NC(=O)[C@@H](NC(=O)CCc2ccc(C(P(=O)(O)OCc3ccccc3)P(=O)(O)OCc3ccccc3)cc2)C(C)(C)C)cc1. The predicted molar refractivity (Wildman–Crippen MR) is 317 cm³/mol. The zero-order chi connectivity index (χ0) is 59.7. The van der Waals surface area contributed by atoms with Gasteiger partial charge in [-0.15, -0.1) is 0 Å². The first-order valence-electron chi connectivity index (χ1n) is 27.4. The van der Waals surface area contributed by atoms with Gasteiger partial charge in [-0.1, -0.05) is 174 Å². The summed E-state index contributed by atoms with van der Waals surface area (Å²) in [6.45, 7) is 8.44. The van der Waals surface area contributed by atoms with Crippen molar-refractivity contribution in [2.45, 2.75) is 116 Å². The smallest absolute Gasteiger partial charge is 0.348 e. The summed E-state index contributed by atoms with van der Waals surface area (Å²) in [7, 11) is -8.28. The maximum absolute atomic E-state index is 14.7. The molecule has 83 heavy (non-hydrogen) atoms. The molecule has 0 aliphatic rings. The second-order valence-electron chi connectivity index (χ2n) is 21.8. The van der Waals surface area contributed by atoms with Crippen molar-refractivity contribution in [1.82, 2.24) is 36.6 Å². The molecule has 9 N–H and O–H groups in total. The van der Waals surface area contributed by atoms with Crippen LogP contribution >= 0.6 is 15.2 Å². The third kappa shape index (κ3) is 18.3. The van der Waals surface area contributed by atoms with E-state index in [0.29, 0.717) is 28.3 Å². The van der Waals surface area contributed by atoms with Crippen LogP contribution in [0, 0.1) is 11.3 Å². The fourth-order valence-electron chi connectivity index (χ4n) is 9.32. The van der Waals surface area contributed by atoms with Gasteiger partial charge >= 0.3 is 15.2 Å². The Bertz CT molecular complexity index is 3230. The van der Waals surface area contributed by atoms with Crippen LogP contribution in [0.15, 0.2) is 164 Å². The van der Waals surface area contributed by atoms with Crippen LogP contribution in [-0.2, 0) is 76.5 Å². The number of nitrogens with one attached hydrogen (secondary N) is 6. The van der Waals surface area contributed by atoms with Gasteiger partial charge in [-0.3, -0.25) is 33.6 Å². The number of H-pyrrole nitrogens is 1. The molecule has 2 unspecified atom stereocenters. The number of ether oxygens (including phenoxy) is 1. The third-order valence-corrected chi connectivity index (χ3v) is 18.5. The van der Waals surface area contributed by atoms with Crippen molar-refractivity contribution in [3.8, 4) is 5.75 Å². The number of aryl methyl sites for hydroxylation is 1. The van der Waals surface area contributed by atoms with Crippen molar-refractivity contribution >= 4 is 49.9 Å². The number of methoxy groups -OCH3 is 1. The van der Waals surface area contributed by atoms with Crippen LogP contribution in [0.1, 0.15) is 85.6 Å². The number of benzene rings is 6. The number of aliphatic hydroxyl groups excluding tert-OH is 1. The van der Waals surface area contributed by atoms with Crippen LogP contribution in [-0.4, -0.2) is 85.9 Å². The summed E-state index contributed by atoms with van der Waals surface area (Å²) in [5.74, 6) is -1.57. The molecule has 0 radical (unpaired) electrons. The van der Waals surface area contributed by atoms with Gasteiger partial charge in [0.2, 0.25) is 23.6 Å². The van der Waals surface area contributed by atoms with Crippen molar-refractivity contribution in [3.05, 3.63) is 203 Å². The molecule has 19 nitrogen and oxygen atoms in total. The topological polar surface area (TPSA) is 280 Å². The lowest BCUT2D eigenvalue weighted by Crippen LogP contribution is -2.63. The van der Waals surface area contributed by atoms with Crippen molar-refractivity contribution in [3.63, 3.8) is 0 Å². The number of carbonyl (C=O) groups excluding carboxylic acids is 4. The first-order valence-corrected chi connectivity index (χ1v) is 30.7. The van der Waals surface area contributed by atoms with Crippen molar-refractivity contribution in [1.29, 1.82) is 0 Å². The van der Waals surface area contributed by atoms with Crippen LogP contribution in [0.2, 0.25) is 0 Å². The first kappa shape index (κ1) is 63.3. The molecule has 21 heteroatoms. The van der Waals surface area contributed by atoms with Crippen LogP contribution in [0.3, 0.4) is 0 Å². The number of aromatic nitrogens is 2. The number of amides is 4. The van der Waals surface area contributed by atoms with Gasteiger partial charge in [0, 0.05) is 13.0 Å². The van der Waals surface area contributed by atoms with E-state index < -0.39 is 85.8 Å². The summed E-state index contributed by atoms with van der Waals surface area (Å²) in [5.41, 5.74) is 3.88. The lowest BCUT2D eigenvalue weighted by molar-refractivity contribution is -0.135. The highest BCUT2D eigenvalue weighted by atomic mass is 31.2. The zero-order valence-corrected chi connectivity index (χ0v) is 49.2. The van der Waals surface area contributed by atoms with Crippen molar-refractivity contribution < 1.29 is 57.0 Å². The van der Waals surface area contributed by atoms with Gasteiger partial charge < -0.3 is 54.9 Å². The largest absolute Gasteiger partial charge is 0.497 e. The predicted octanol–water partition coefficient (Wildman–Crippen LogP) is 8.54. The van der Waals surface area contributed by atoms with Crippen LogP contribution in [0.25, 0.3) is 11.0 Å². The van der Waals surface area contributed by atoms with E-state index in [0.717, 1.165) is 22.2 Å². The molecule has 0 fully saturated rings. The standard InChI is InChI=1S/C62H75N7O12P2/c1-41(2)54(58(72)64-38-52-65-49-24-16-17-25-50(49)66-52)69-59(73)55(63-37-44-28-33-48(79-6)34-29-44)56(71)51(36-43-18-10-7-11-19-43)67-60(74)57(62(3,4)5)68-53(70)35-30-42-26-31-47(32-27-42)61(82(75,76)80-39-45-20-12-8-13-21-45)83(77,78)81-40-46-22-14-9-15-23-46/h7-29,31-34,41,51,54-57,61,63,71H,30,35-40H2,1-6H3,(H,64,72)(H,65,66)(H,67,74)(H,68,70)(H,69,73)(H,75,76)(H,77,78)/t51-,54-,55+,56+,57+/m0/s1. The normalized spacial score (nSPS) is 15.3. The number of rotatable bonds is 29. The Morgan fingerprint density at radius 2 is 1.16 bits per heavy atom. The number of fused-ring (bicyclic) bond motifs is 1. The monoisotopic (exact) mass is 1170 g/mol. The van der Waals surface area contributed by atoms with E-state index in [2.05, 4.69) is 36.6 Å². The molecule has 0 aliphatic heterocycles. The van der Waals surface area contributed by atoms with Crippen molar-refractivity contribution in [2.24, 2.45) is 11.3 Å². The highest BCUT2D eigenvalue weighted by Gasteiger charge is 2.49. The van der Waals surface area contributed by atoms with Gasteiger partial charge in [-0.25, -0.2) is 4.98 Å². The number of para-hydroxylation sites is 2. The number of hydrogen-bond acceptors (Lipinski definition) is 12. The lowest BCUT2D eigenvalue weighted by atomic mass is 9.85. The van der Waals surface area contributed by atoms with Crippen LogP contribution in [0.4, 0.5) is 0 Å². The molecule has 7 rings (SSSR count). The molecule has 4 amide bonds. The molecule has 0 aliphatic carbocycles. The molecule has 6 aromatic carbocycles.